The van der Waals surface area contributed by atoms with Crippen molar-refractivity contribution in [3.63, 3.8) is 0 Å². The van der Waals surface area contributed by atoms with Gasteiger partial charge in [-0.2, -0.15) is 5.26 Å². The molecule has 0 bridgehead atoms. The average Bonchev–Trinajstić information content (AvgIpc) is 2.42. The first-order valence-corrected chi connectivity index (χ1v) is 5.85. The van der Waals surface area contributed by atoms with Crippen molar-refractivity contribution in [3.05, 3.63) is 58.6 Å². The molecule has 0 atom stereocenters. The summed E-state index contributed by atoms with van der Waals surface area (Å²) in [6.07, 6.45) is 0. The molecule has 4 nitrogen and oxygen atoms in total. The van der Waals surface area contributed by atoms with Crippen molar-refractivity contribution in [2.45, 2.75) is 0 Å². The molecule has 2 aromatic carbocycles. The Morgan fingerprint density at radius 2 is 2.00 bits per heavy atom. The van der Waals surface area contributed by atoms with Gasteiger partial charge < -0.3 is 11.1 Å². The highest BCUT2D eigenvalue weighted by atomic mass is 35.5. The van der Waals surface area contributed by atoms with Crippen LogP contribution in [0.15, 0.2) is 42.5 Å². The van der Waals surface area contributed by atoms with Crippen LogP contribution in [0.1, 0.15) is 15.9 Å². The molecule has 2 rings (SSSR count). The highest BCUT2D eigenvalue weighted by Gasteiger charge is 2.12. The van der Waals surface area contributed by atoms with E-state index in [4.69, 9.17) is 22.6 Å². The Morgan fingerprint density at radius 1 is 1.26 bits per heavy atom. The van der Waals surface area contributed by atoms with E-state index in [0.717, 1.165) is 0 Å². The Balaban J connectivity index is 2.31. The summed E-state index contributed by atoms with van der Waals surface area (Å²) in [6, 6.07) is 13.4. The van der Waals surface area contributed by atoms with Crippen molar-refractivity contribution < 1.29 is 4.79 Å². The highest BCUT2D eigenvalue weighted by Crippen LogP contribution is 2.20. The summed E-state index contributed by atoms with van der Waals surface area (Å²) in [6.45, 7) is 0. The van der Waals surface area contributed by atoms with Gasteiger partial charge >= 0.3 is 0 Å². The third-order valence-corrected chi connectivity index (χ3v) is 2.79. The molecule has 94 valence electrons. The Labute approximate surface area is 115 Å². The number of para-hydroxylation sites is 1. The number of halogens is 1. The number of nitrogens with one attached hydrogen (secondary N) is 1. The number of nitrogens with zero attached hydrogens (tertiary/aromatic N) is 1. The number of benzene rings is 2. The van der Waals surface area contributed by atoms with Crippen LogP contribution in [0.4, 0.5) is 11.4 Å². The second-order valence-electron chi connectivity index (χ2n) is 3.84. The van der Waals surface area contributed by atoms with Gasteiger partial charge in [0.2, 0.25) is 0 Å². The number of nitriles is 1. The molecule has 0 spiro atoms. The molecule has 3 N–H and O–H groups in total. The number of hydrogen-bond acceptors (Lipinski definition) is 3. The second kappa shape index (κ2) is 5.42. The van der Waals surface area contributed by atoms with E-state index in [1.165, 1.54) is 6.07 Å². The smallest absolute Gasteiger partial charge is 0.257 e. The fourth-order valence-corrected chi connectivity index (χ4v) is 1.78. The maximum atomic E-state index is 12.1. The molecular weight excluding hydrogens is 262 g/mol. The number of carbonyl (C=O) groups excluding carboxylic acids is 1. The minimum atomic E-state index is -0.400. The van der Waals surface area contributed by atoms with Crippen LogP contribution in [0.25, 0.3) is 0 Å². The van der Waals surface area contributed by atoms with Gasteiger partial charge in [0.1, 0.15) is 6.07 Å². The Kier molecular flexibility index (Phi) is 3.69. The monoisotopic (exact) mass is 271 g/mol. The Bertz CT molecular complexity index is 677. The van der Waals surface area contributed by atoms with Crippen LogP contribution < -0.4 is 11.1 Å². The van der Waals surface area contributed by atoms with E-state index in [1.807, 2.05) is 6.07 Å². The second-order valence-corrected chi connectivity index (χ2v) is 4.28. The predicted octanol–water partition coefficient (Wildman–Crippen LogP) is 3.05. The van der Waals surface area contributed by atoms with Crippen LogP contribution in [-0.2, 0) is 0 Å². The number of rotatable bonds is 2. The van der Waals surface area contributed by atoms with Gasteiger partial charge in [-0.1, -0.05) is 23.7 Å². The van der Waals surface area contributed by atoms with Gasteiger partial charge in [0, 0.05) is 10.7 Å². The van der Waals surface area contributed by atoms with Crippen molar-refractivity contribution in [1.29, 1.82) is 5.26 Å². The molecule has 0 fully saturated rings. The molecule has 0 heterocycles. The number of nitrogens with two attached hydrogens (primary N) is 1. The maximum Gasteiger partial charge on any atom is 0.257 e. The van der Waals surface area contributed by atoms with E-state index in [2.05, 4.69) is 5.32 Å². The predicted molar refractivity (Wildman–Crippen MR) is 75.0 cm³/mol. The summed E-state index contributed by atoms with van der Waals surface area (Å²) in [5.41, 5.74) is 7.16. The molecule has 0 unspecified atom stereocenters. The van der Waals surface area contributed by atoms with Gasteiger partial charge in [-0.25, -0.2) is 0 Å². The summed E-state index contributed by atoms with van der Waals surface area (Å²) in [4.78, 5) is 12.1. The van der Waals surface area contributed by atoms with Crippen LogP contribution in [0.2, 0.25) is 5.02 Å². The maximum absolute atomic E-state index is 12.1. The largest absolute Gasteiger partial charge is 0.398 e. The number of hydrogen-bond donors (Lipinski definition) is 2. The standard InChI is InChI=1S/C14H10ClN3O/c15-10-5-6-12(17)11(7-10)14(19)18-13-4-2-1-3-9(13)8-16/h1-7H,17H2,(H,18,19). The fraction of sp³-hybridized carbons (Fsp3) is 0. The van der Waals surface area contributed by atoms with Crippen LogP contribution in [0.5, 0.6) is 0 Å². The van der Waals surface area contributed by atoms with Crippen LogP contribution in [0.3, 0.4) is 0 Å². The third-order valence-electron chi connectivity index (χ3n) is 2.56. The van der Waals surface area contributed by atoms with Gasteiger partial charge in [-0.3, -0.25) is 4.79 Å². The van der Waals surface area contributed by atoms with Crippen molar-refractivity contribution in [3.8, 4) is 6.07 Å². The molecule has 0 aliphatic heterocycles. The molecule has 1 amide bonds. The molecule has 0 aromatic heterocycles. The number of amides is 1. The molecule has 0 aliphatic carbocycles. The third kappa shape index (κ3) is 2.84. The molecule has 0 radical (unpaired) electrons. The lowest BCUT2D eigenvalue weighted by atomic mass is 10.1. The summed E-state index contributed by atoms with van der Waals surface area (Å²) in [7, 11) is 0. The van der Waals surface area contributed by atoms with Crippen molar-refractivity contribution in [1.82, 2.24) is 0 Å². The lowest BCUT2D eigenvalue weighted by Crippen LogP contribution is -2.14. The molecule has 19 heavy (non-hydrogen) atoms. The first-order chi connectivity index (χ1) is 9.11. The van der Waals surface area contributed by atoms with Gasteiger partial charge in [-0.05, 0) is 30.3 Å². The first-order valence-electron chi connectivity index (χ1n) is 5.47. The first kappa shape index (κ1) is 12.9. The van der Waals surface area contributed by atoms with E-state index >= 15 is 0 Å². The normalized spacial score (nSPS) is 9.68. The zero-order chi connectivity index (χ0) is 13.8. The Hall–Kier alpha value is -2.51. The minimum absolute atomic E-state index is 0.278. The van der Waals surface area contributed by atoms with Crippen molar-refractivity contribution >= 4 is 28.9 Å². The molecule has 0 aliphatic rings. The van der Waals surface area contributed by atoms with Crippen molar-refractivity contribution in [2.24, 2.45) is 0 Å². The quantitative estimate of drug-likeness (QED) is 0.824. The molecule has 2 aromatic rings. The fourth-order valence-electron chi connectivity index (χ4n) is 1.60. The topological polar surface area (TPSA) is 78.9 Å². The van der Waals surface area contributed by atoms with Crippen LogP contribution in [0, 0.1) is 11.3 Å². The average molecular weight is 272 g/mol. The highest BCUT2D eigenvalue weighted by molar-refractivity contribution is 6.31. The van der Waals surface area contributed by atoms with Crippen molar-refractivity contribution in [2.75, 3.05) is 11.1 Å². The summed E-state index contributed by atoms with van der Waals surface area (Å²) >= 11 is 5.83. The summed E-state index contributed by atoms with van der Waals surface area (Å²) < 4.78 is 0. The van der Waals surface area contributed by atoms with E-state index in [0.29, 0.717) is 22.0 Å². The SMILES string of the molecule is N#Cc1ccccc1NC(=O)c1cc(Cl)ccc1N. The van der Waals surface area contributed by atoms with Gasteiger partial charge in [-0.15, -0.1) is 0 Å². The summed E-state index contributed by atoms with van der Waals surface area (Å²) in [5.74, 6) is -0.400. The number of carbonyl (C=O) groups is 1. The lowest BCUT2D eigenvalue weighted by molar-refractivity contribution is 0.102. The van der Waals surface area contributed by atoms with Crippen LogP contribution >= 0.6 is 11.6 Å². The van der Waals surface area contributed by atoms with Crippen LogP contribution in [-0.4, -0.2) is 5.91 Å². The zero-order valence-electron chi connectivity index (χ0n) is 9.85. The zero-order valence-corrected chi connectivity index (χ0v) is 10.6. The Morgan fingerprint density at radius 3 is 2.74 bits per heavy atom. The lowest BCUT2D eigenvalue weighted by Gasteiger charge is -2.09. The van der Waals surface area contributed by atoms with E-state index in [9.17, 15) is 4.79 Å². The minimum Gasteiger partial charge on any atom is -0.398 e. The van der Waals surface area contributed by atoms with Gasteiger partial charge in [0.25, 0.3) is 5.91 Å². The molecule has 5 heteroatoms. The number of anilines is 2. The molecular formula is C14H10ClN3O. The van der Waals surface area contributed by atoms with Gasteiger partial charge in [0.15, 0.2) is 0 Å². The summed E-state index contributed by atoms with van der Waals surface area (Å²) in [5, 5.41) is 12.0. The van der Waals surface area contributed by atoms with E-state index in [-0.39, 0.29) is 5.56 Å². The molecule has 0 saturated carbocycles. The molecule has 0 saturated heterocycles. The van der Waals surface area contributed by atoms with E-state index < -0.39 is 5.91 Å². The number of nitrogen functional groups attached to an aromatic ring is 1. The van der Waals surface area contributed by atoms with Gasteiger partial charge in [0.05, 0.1) is 16.8 Å². The van der Waals surface area contributed by atoms with E-state index in [1.54, 1.807) is 36.4 Å².